The van der Waals surface area contributed by atoms with Gasteiger partial charge in [0.25, 0.3) is 11.9 Å². The molecule has 0 unspecified atom stereocenters. The van der Waals surface area contributed by atoms with Gasteiger partial charge in [0.2, 0.25) is 0 Å². The fourth-order valence-electron chi connectivity index (χ4n) is 2.54. The summed E-state index contributed by atoms with van der Waals surface area (Å²) in [5.41, 5.74) is 0. The smallest absolute Gasteiger partial charge is 0.339 e. The van der Waals surface area contributed by atoms with Crippen molar-refractivity contribution in [2.75, 3.05) is 19.4 Å². The molecule has 2 heterocycles. The van der Waals surface area contributed by atoms with E-state index in [0.717, 1.165) is 0 Å². The molecule has 2 aliphatic rings. The quantitative estimate of drug-likeness (QED) is 0.211. The second-order valence-electron chi connectivity index (χ2n) is 5.76. The molecule has 0 aromatic heterocycles. The minimum absolute atomic E-state index is 0.301. The number of hydrogen-bond donors (Lipinski definition) is 6. The molecule has 0 aliphatic carbocycles. The molecule has 24 heavy (non-hydrogen) atoms. The van der Waals surface area contributed by atoms with E-state index in [9.17, 15) is 25.0 Å². The molecule has 11 nitrogen and oxygen atoms in total. The van der Waals surface area contributed by atoms with Gasteiger partial charge in [-0.25, -0.2) is 9.05 Å². The van der Waals surface area contributed by atoms with E-state index in [-0.39, 0.29) is 6.16 Å². The zero-order chi connectivity index (χ0) is 18.2. The van der Waals surface area contributed by atoms with Gasteiger partial charge in [0.1, 0.15) is 12.2 Å². The molecule has 2 fully saturated rings. The van der Waals surface area contributed by atoms with Crippen molar-refractivity contribution in [2.24, 2.45) is 0 Å². The van der Waals surface area contributed by atoms with Crippen LogP contribution in [0.25, 0.3) is 0 Å². The van der Waals surface area contributed by atoms with Gasteiger partial charge < -0.3 is 40.1 Å². The number of ether oxygens (including phenoxy) is 2. The van der Waals surface area contributed by atoms with Crippen LogP contribution in [0.1, 0.15) is 19.8 Å². The number of aliphatic hydroxyl groups excluding tert-OH is 4. The lowest BCUT2D eigenvalue weighted by Gasteiger charge is -2.31. The first-order valence-electron chi connectivity index (χ1n) is 7.46. The van der Waals surface area contributed by atoms with E-state index in [2.05, 4.69) is 0 Å². The van der Waals surface area contributed by atoms with E-state index in [1.165, 1.54) is 6.92 Å². The Hall–Kier alpha value is -0.170. The molecule has 6 atom stereocenters. The summed E-state index contributed by atoms with van der Waals surface area (Å²) in [7, 11) is -4.19. The van der Waals surface area contributed by atoms with Crippen molar-refractivity contribution in [3.63, 3.8) is 0 Å². The van der Waals surface area contributed by atoms with Crippen LogP contribution in [-0.2, 0) is 23.1 Å². The monoisotopic (exact) mass is 374 g/mol. The maximum atomic E-state index is 12.7. The maximum absolute atomic E-state index is 12.7. The Morgan fingerprint density at radius 2 is 1.38 bits per heavy atom. The van der Waals surface area contributed by atoms with Crippen molar-refractivity contribution in [3.05, 3.63) is 0 Å². The summed E-state index contributed by atoms with van der Waals surface area (Å²) in [5.74, 6) is -4.97. The zero-order valence-electron chi connectivity index (χ0n) is 13.0. The third-order valence-electron chi connectivity index (χ3n) is 3.77. The highest BCUT2D eigenvalue weighted by molar-refractivity contribution is 7.53. The topological polar surface area (TPSA) is 175 Å². The Bertz CT molecular complexity index is 452. The number of hydrogen-bond acceptors (Lipinski definition) is 11. The Kier molecular flexibility index (Phi) is 6.06. The fourth-order valence-corrected chi connectivity index (χ4v) is 3.94. The first kappa shape index (κ1) is 20.1. The van der Waals surface area contributed by atoms with Crippen LogP contribution in [-0.4, -0.2) is 86.4 Å². The summed E-state index contributed by atoms with van der Waals surface area (Å²) in [6.45, 7) is 0.195. The summed E-state index contributed by atoms with van der Waals surface area (Å²) < 4.78 is 32.5. The minimum atomic E-state index is -4.19. The molecule has 6 N–H and O–H groups in total. The lowest BCUT2D eigenvalue weighted by Crippen LogP contribution is -2.36. The Morgan fingerprint density at radius 1 is 1.00 bits per heavy atom. The normalized spacial score (nSPS) is 43.5. The van der Waals surface area contributed by atoms with Crippen LogP contribution < -0.4 is 0 Å². The molecular formula is C12H23O11P. The number of rotatable bonds is 7. The molecule has 0 amide bonds. The molecule has 2 rings (SSSR count). The summed E-state index contributed by atoms with van der Waals surface area (Å²) in [6, 6.07) is 0. The summed E-state index contributed by atoms with van der Waals surface area (Å²) in [5, 5.41) is 57.6. The van der Waals surface area contributed by atoms with Crippen LogP contribution in [0.3, 0.4) is 0 Å². The van der Waals surface area contributed by atoms with Gasteiger partial charge in [0.05, 0.1) is 38.3 Å². The van der Waals surface area contributed by atoms with Crippen molar-refractivity contribution < 1.29 is 53.7 Å². The van der Waals surface area contributed by atoms with Crippen molar-refractivity contribution in [1.82, 2.24) is 0 Å². The second kappa shape index (κ2) is 7.22. The van der Waals surface area contributed by atoms with Crippen molar-refractivity contribution in [1.29, 1.82) is 0 Å². The third kappa shape index (κ3) is 4.32. The SMILES string of the molecule is CCP(=O)(O[C@]1(O)C[C@H](O)[C@@H](CO)O1)O[C@]1(O)C[C@H](O)[C@@H](CO)O1. The van der Waals surface area contributed by atoms with E-state index >= 15 is 0 Å². The van der Waals surface area contributed by atoms with E-state index in [4.69, 9.17) is 28.7 Å². The molecule has 0 bridgehead atoms. The van der Waals surface area contributed by atoms with Gasteiger partial charge >= 0.3 is 7.60 Å². The predicted octanol–water partition coefficient (Wildman–Crippen LogP) is -2.19. The van der Waals surface area contributed by atoms with Crippen molar-refractivity contribution >= 4 is 7.60 Å². The third-order valence-corrected chi connectivity index (χ3v) is 5.68. The molecule has 12 heteroatoms. The van der Waals surface area contributed by atoms with Crippen LogP contribution in [0.2, 0.25) is 0 Å². The largest absolute Gasteiger partial charge is 0.394 e. The van der Waals surface area contributed by atoms with Crippen LogP contribution in [0.4, 0.5) is 0 Å². The predicted molar refractivity (Wildman–Crippen MR) is 75.4 cm³/mol. The molecule has 0 aromatic rings. The van der Waals surface area contributed by atoms with E-state index in [1.54, 1.807) is 0 Å². The van der Waals surface area contributed by atoms with Crippen LogP contribution in [0.15, 0.2) is 0 Å². The highest BCUT2D eigenvalue weighted by Gasteiger charge is 2.54. The van der Waals surface area contributed by atoms with Gasteiger partial charge in [-0.2, -0.15) is 0 Å². The molecule has 0 spiro atoms. The Labute approximate surface area is 137 Å². The van der Waals surface area contributed by atoms with Gasteiger partial charge in [-0.05, 0) is 0 Å². The highest BCUT2D eigenvalue weighted by atomic mass is 31.2. The number of aliphatic hydroxyl groups is 6. The van der Waals surface area contributed by atoms with Crippen LogP contribution in [0, 0.1) is 0 Å². The molecule has 0 aromatic carbocycles. The molecular weight excluding hydrogens is 351 g/mol. The van der Waals surface area contributed by atoms with Crippen LogP contribution in [0.5, 0.6) is 0 Å². The average molecular weight is 374 g/mol. The zero-order valence-corrected chi connectivity index (χ0v) is 13.9. The van der Waals surface area contributed by atoms with E-state index in [0.29, 0.717) is 0 Å². The molecule has 2 saturated heterocycles. The first-order chi connectivity index (χ1) is 11.1. The van der Waals surface area contributed by atoms with Gasteiger partial charge in [0, 0.05) is 6.16 Å². The average Bonchev–Trinajstić information content (AvgIpc) is 2.93. The lowest BCUT2D eigenvalue weighted by molar-refractivity contribution is -0.337. The van der Waals surface area contributed by atoms with E-state index in [1.807, 2.05) is 0 Å². The molecule has 0 saturated carbocycles. The highest BCUT2D eigenvalue weighted by Crippen LogP contribution is 2.57. The lowest BCUT2D eigenvalue weighted by atomic mass is 10.2. The van der Waals surface area contributed by atoms with Gasteiger partial charge in [0.15, 0.2) is 0 Å². The summed E-state index contributed by atoms with van der Waals surface area (Å²) in [4.78, 5) is 0. The summed E-state index contributed by atoms with van der Waals surface area (Å²) in [6.07, 6.45) is -6.06. The van der Waals surface area contributed by atoms with E-state index < -0.39 is 70.0 Å². The maximum Gasteiger partial charge on any atom is 0.339 e. The van der Waals surface area contributed by atoms with Crippen molar-refractivity contribution in [2.45, 2.75) is 56.1 Å². The molecule has 142 valence electrons. The van der Waals surface area contributed by atoms with Crippen molar-refractivity contribution in [3.8, 4) is 0 Å². The molecule has 2 aliphatic heterocycles. The van der Waals surface area contributed by atoms with Gasteiger partial charge in [-0.15, -0.1) is 0 Å². The Balaban J connectivity index is 2.08. The van der Waals surface area contributed by atoms with Crippen LogP contribution >= 0.6 is 7.60 Å². The van der Waals surface area contributed by atoms with Gasteiger partial charge in [-0.1, -0.05) is 6.92 Å². The minimum Gasteiger partial charge on any atom is -0.394 e. The molecule has 0 radical (unpaired) electrons. The summed E-state index contributed by atoms with van der Waals surface area (Å²) >= 11 is 0. The first-order valence-corrected chi connectivity index (χ1v) is 9.19. The van der Waals surface area contributed by atoms with Gasteiger partial charge in [-0.3, -0.25) is 4.57 Å². The Morgan fingerprint density at radius 3 is 1.62 bits per heavy atom. The standard InChI is InChI=1S/C12H23O11P/c1-2-24(19,22-11(17)3-7(15)9(5-13)20-11)23-12(18)4-8(16)10(6-14)21-12/h7-10,13-18H,2-6H2,1H3/t7-,8-,9+,10+,11-,12-/m0/s1. The fraction of sp³-hybridized carbons (Fsp3) is 1.00. The second-order valence-corrected chi connectivity index (χ2v) is 7.98.